The van der Waals surface area contributed by atoms with Crippen LogP contribution < -0.4 is 30.8 Å². The number of hydrogen-bond donors (Lipinski definition) is 4. The number of ether oxygens (including phenoxy) is 2. The summed E-state index contributed by atoms with van der Waals surface area (Å²) in [6.45, 7) is 0.186. The van der Waals surface area contributed by atoms with E-state index in [4.69, 9.17) is 13.9 Å². The zero-order valence-electron chi connectivity index (χ0n) is 20.8. The van der Waals surface area contributed by atoms with Crippen LogP contribution in [0.25, 0.3) is 0 Å². The number of carbonyl (C=O) groups is 4. The molecule has 0 bridgehead atoms. The molecule has 3 aromatic rings. The van der Waals surface area contributed by atoms with E-state index in [1.54, 1.807) is 61.7 Å². The molecule has 4 N–H and O–H groups in total. The molecule has 198 valence electrons. The van der Waals surface area contributed by atoms with Crippen LogP contribution in [0.5, 0.6) is 11.5 Å². The van der Waals surface area contributed by atoms with Crippen molar-refractivity contribution in [2.45, 2.75) is 13.0 Å². The first-order chi connectivity index (χ1) is 18.4. The van der Waals surface area contributed by atoms with E-state index in [9.17, 15) is 19.2 Å². The summed E-state index contributed by atoms with van der Waals surface area (Å²) in [5.74, 6) is -1.66. The second-order valence-corrected chi connectivity index (χ2v) is 7.70. The number of hydrazone groups is 1. The third kappa shape index (κ3) is 8.22. The molecule has 0 fully saturated rings. The van der Waals surface area contributed by atoms with E-state index in [0.29, 0.717) is 29.4 Å². The molecule has 0 saturated heterocycles. The van der Waals surface area contributed by atoms with E-state index in [1.165, 1.54) is 13.3 Å². The highest BCUT2D eigenvalue weighted by atomic mass is 16.5. The summed E-state index contributed by atoms with van der Waals surface area (Å²) < 4.78 is 15.9. The van der Waals surface area contributed by atoms with Crippen LogP contribution in [0.15, 0.2) is 70.2 Å². The summed E-state index contributed by atoms with van der Waals surface area (Å²) in [5, 5.41) is 11.1. The summed E-state index contributed by atoms with van der Waals surface area (Å²) in [6, 6.07) is 17.1. The summed E-state index contributed by atoms with van der Waals surface area (Å²) in [4.78, 5) is 47.8. The van der Waals surface area contributed by atoms with Crippen molar-refractivity contribution < 1.29 is 33.1 Å². The third-order valence-corrected chi connectivity index (χ3v) is 5.05. The maximum atomic E-state index is 12.0. The van der Waals surface area contributed by atoms with Gasteiger partial charge in [-0.2, -0.15) is 5.10 Å². The molecule has 2 aromatic carbocycles. The molecule has 38 heavy (non-hydrogen) atoms. The van der Waals surface area contributed by atoms with E-state index in [1.807, 2.05) is 6.07 Å². The number of rotatable bonds is 10. The molecule has 12 nitrogen and oxygen atoms in total. The van der Waals surface area contributed by atoms with E-state index in [-0.39, 0.29) is 18.8 Å². The van der Waals surface area contributed by atoms with Gasteiger partial charge in [-0.25, -0.2) is 5.43 Å². The molecular weight excluding hydrogens is 494 g/mol. The molecule has 0 aliphatic rings. The van der Waals surface area contributed by atoms with Crippen LogP contribution in [0.2, 0.25) is 0 Å². The first-order valence-corrected chi connectivity index (χ1v) is 11.4. The number of amides is 4. The number of carbonyl (C=O) groups excluding carboxylic acids is 4. The van der Waals surface area contributed by atoms with Crippen LogP contribution in [0.1, 0.15) is 17.1 Å². The minimum absolute atomic E-state index is 0.0380. The van der Waals surface area contributed by atoms with E-state index >= 15 is 0 Å². The van der Waals surface area contributed by atoms with Crippen LogP contribution in [-0.2, 0) is 32.1 Å². The fraction of sp³-hybridized carbons (Fsp3) is 0.192. The van der Waals surface area contributed by atoms with Crippen molar-refractivity contribution in [1.29, 1.82) is 0 Å². The van der Waals surface area contributed by atoms with Gasteiger partial charge in [-0.05, 0) is 48.4 Å². The van der Waals surface area contributed by atoms with Crippen LogP contribution in [-0.4, -0.2) is 50.6 Å². The van der Waals surface area contributed by atoms with Gasteiger partial charge < -0.3 is 29.8 Å². The Morgan fingerprint density at radius 3 is 2.32 bits per heavy atom. The van der Waals surface area contributed by atoms with Crippen molar-refractivity contribution in [3.63, 3.8) is 0 Å². The molecule has 0 aliphatic carbocycles. The smallest absolute Gasteiger partial charge is 0.329 e. The predicted molar refractivity (Wildman–Crippen MR) is 138 cm³/mol. The molecular formula is C26H27N5O7. The van der Waals surface area contributed by atoms with Gasteiger partial charge >= 0.3 is 23.6 Å². The Balaban J connectivity index is 1.37. The van der Waals surface area contributed by atoms with Crippen molar-refractivity contribution in [2.24, 2.45) is 5.10 Å². The van der Waals surface area contributed by atoms with Crippen molar-refractivity contribution in [3.05, 3.63) is 77.7 Å². The average molecular weight is 522 g/mol. The SMILES string of the molecule is COc1ccc(CCNC(=O)C(=O)N/N=C/c2ccc(CNC(=O)C(=O)Nc3ccccc3)o2)cc1OC. The van der Waals surface area contributed by atoms with Gasteiger partial charge in [-0.15, -0.1) is 0 Å². The Labute approximate surface area is 218 Å². The van der Waals surface area contributed by atoms with Crippen molar-refractivity contribution >= 4 is 35.5 Å². The fourth-order valence-electron chi connectivity index (χ4n) is 3.16. The number of anilines is 1. The maximum absolute atomic E-state index is 12.0. The Morgan fingerprint density at radius 2 is 1.58 bits per heavy atom. The lowest BCUT2D eigenvalue weighted by Gasteiger charge is -2.09. The minimum Gasteiger partial charge on any atom is -0.493 e. The molecule has 1 aromatic heterocycles. The summed E-state index contributed by atoms with van der Waals surface area (Å²) in [7, 11) is 3.07. The van der Waals surface area contributed by atoms with Gasteiger partial charge in [-0.3, -0.25) is 19.2 Å². The lowest BCUT2D eigenvalue weighted by molar-refractivity contribution is -0.139. The monoisotopic (exact) mass is 521 g/mol. The number of furan rings is 1. The van der Waals surface area contributed by atoms with Gasteiger partial charge in [0.2, 0.25) is 0 Å². The lowest BCUT2D eigenvalue weighted by atomic mass is 10.1. The Morgan fingerprint density at radius 1 is 0.842 bits per heavy atom. The average Bonchev–Trinajstić information content (AvgIpc) is 3.39. The normalized spacial score (nSPS) is 10.5. The Hall–Kier alpha value is -5.13. The van der Waals surface area contributed by atoms with Crippen molar-refractivity contribution in [2.75, 3.05) is 26.1 Å². The molecule has 0 radical (unpaired) electrons. The van der Waals surface area contributed by atoms with Crippen molar-refractivity contribution in [1.82, 2.24) is 16.1 Å². The molecule has 4 amide bonds. The number of methoxy groups -OCH3 is 2. The van der Waals surface area contributed by atoms with E-state index in [0.717, 1.165) is 5.56 Å². The lowest BCUT2D eigenvalue weighted by Crippen LogP contribution is -2.38. The summed E-state index contributed by atoms with van der Waals surface area (Å²) in [5.41, 5.74) is 3.50. The standard InChI is InChI=1S/C26H27N5O7/c1-36-21-11-8-17(14-22(21)37-2)12-13-27-24(33)26(35)31-29-16-20-10-9-19(38-20)15-28-23(32)25(34)30-18-6-4-3-5-7-18/h3-11,14,16H,12-13,15H2,1-2H3,(H,27,33)(H,28,32)(H,30,34)(H,31,35)/b29-16+. The number of hydrogen-bond acceptors (Lipinski definition) is 8. The predicted octanol–water partition coefficient (Wildman–Crippen LogP) is 1.36. The molecule has 0 spiro atoms. The molecule has 12 heteroatoms. The van der Waals surface area contributed by atoms with Crippen LogP contribution in [0.3, 0.4) is 0 Å². The van der Waals surface area contributed by atoms with Gasteiger partial charge in [0.05, 0.1) is 27.0 Å². The number of nitrogens with one attached hydrogen (secondary N) is 4. The largest absolute Gasteiger partial charge is 0.493 e. The first-order valence-electron chi connectivity index (χ1n) is 11.4. The highest BCUT2D eigenvalue weighted by Crippen LogP contribution is 2.27. The van der Waals surface area contributed by atoms with Crippen molar-refractivity contribution in [3.8, 4) is 11.5 Å². The zero-order chi connectivity index (χ0) is 27.3. The third-order valence-electron chi connectivity index (χ3n) is 5.05. The highest BCUT2D eigenvalue weighted by molar-refractivity contribution is 6.39. The van der Waals surface area contributed by atoms with Gasteiger partial charge in [0.25, 0.3) is 0 Å². The summed E-state index contributed by atoms with van der Waals surface area (Å²) >= 11 is 0. The van der Waals surface area contributed by atoms with Gasteiger partial charge in [0.15, 0.2) is 11.5 Å². The molecule has 3 rings (SSSR count). The first kappa shape index (κ1) is 27.5. The van der Waals surface area contributed by atoms with E-state index < -0.39 is 23.6 Å². The highest BCUT2D eigenvalue weighted by Gasteiger charge is 2.15. The Kier molecular flexibility index (Phi) is 9.99. The van der Waals surface area contributed by atoms with Gasteiger partial charge in [-0.1, -0.05) is 24.3 Å². The van der Waals surface area contributed by atoms with Gasteiger partial charge in [0, 0.05) is 12.2 Å². The van der Waals surface area contributed by atoms with Crippen LogP contribution >= 0.6 is 0 Å². The second kappa shape index (κ2) is 13.8. The second-order valence-electron chi connectivity index (χ2n) is 7.70. The Bertz CT molecular complexity index is 1300. The topological polar surface area (TPSA) is 160 Å². The number of nitrogens with zero attached hydrogens (tertiary/aromatic N) is 1. The molecule has 0 atom stereocenters. The summed E-state index contributed by atoms with van der Waals surface area (Å²) in [6.07, 6.45) is 1.67. The number of benzene rings is 2. The number of para-hydroxylation sites is 1. The minimum atomic E-state index is -0.947. The zero-order valence-corrected chi connectivity index (χ0v) is 20.8. The molecule has 1 heterocycles. The molecule has 0 saturated carbocycles. The maximum Gasteiger partial charge on any atom is 0.329 e. The molecule has 0 aliphatic heterocycles. The molecule has 0 unspecified atom stereocenters. The quantitative estimate of drug-likeness (QED) is 0.178. The van der Waals surface area contributed by atoms with Crippen LogP contribution in [0, 0.1) is 0 Å². The van der Waals surface area contributed by atoms with Crippen LogP contribution in [0.4, 0.5) is 5.69 Å². The van der Waals surface area contributed by atoms with Gasteiger partial charge in [0.1, 0.15) is 11.5 Å². The van der Waals surface area contributed by atoms with E-state index in [2.05, 4.69) is 26.5 Å². The fourth-order valence-corrected chi connectivity index (χ4v) is 3.16.